The van der Waals surface area contributed by atoms with Crippen LogP contribution in [0.15, 0.2) is 24.4 Å². The molecule has 3 heterocycles. The maximum atomic E-state index is 5.35. The van der Waals surface area contributed by atoms with E-state index in [1.54, 1.807) is 6.20 Å². The number of hydrogen-bond donors (Lipinski definition) is 1. The summed E-state index contributed by atoms with van der Waals surface area (Å²) in [6.07, 6.45) is 4.11. The van der Waals surface area contributed by atoms with Crippen molar-refractivity contribution < 1.29 is 9.47 Å². The lowest BCUT2D eigenvalue weighted by molar-refractivity contribution is 0.174. The molecule has 7 heteroatoms. The first-order valence-electron chi connectivity index (χ1n) is 7.00. The van der Waals surface area contributed by atoms with Crippen LogP contribution in [0.2, 0.25) is 0 Å². The van der Waals surface area contributed by atoms with Gasteiger partial charge in [0.2, 0.25) is 12.7 Å². The van der Waals surface area contributed by atoms with Crippen molar-refractivity contribution in [2.24, 2.45) is 0 Å². The van der Waals surface area contributed by atoms with E-state index in [0.29, 0.717) is 5.95 Å². The molecule has 0 unspecified atom stereocenters. The first kappa shape index (κ1) is 12.2. The number of rotatable bonds is 3. The Balaban J connectivity index is 1.55. The molecule has 1 aromatic carbocycles. The zero-order chi connectivity index (χ0) is 14.1. The van der Waals surface area contributed by atoms with Crippen LogP contribution in [0.4, 0.5) is 17.5 Å². The second kappa shape index (κ2) is 5.08. The number of benzene rings is 1. The van der Waals surface area contributed by atoms with Crippen molar-refractivity contribution in [3.05, 3.63) is 24.4 Å². The lowest BCUT2D eigenvalue weighted by atomic mass is 10.3. The van der Waals surface area contributed by atoms with Crippen LogP contribution in [0.1, 0.15) is 12.8 Å². The Bertz CT molecular complexity index is 658. The van der Waals surface area contributed by atoms with Crippen LogP contribution in [0, 0.1) is 0 Å². The average molecular weight is 285 g/mol. The van der Waals surface area contributed by atoms with Crippen LogP contribution in [0.3, 0.4) is 0 Å². The van der Waals surface area contributed by atoms with E-state index < -0.39 is 0 Å². The molecule has 1 fully saturated rings. The van der Waals surface area contributed by atoms with Crippen LogP contribution in [-0.4, -0.2) is 35.1 Å². The smallest absolute Gasteiger partial charge is 0.249 e. The molecule has 1 aromatic heterocycles. The Morgan fingerprint density at radius 1 is 1.10 bits per heavy atom. The van der Waals surface area contributed by atoms with Crippen molar-refractivity contribution in [3.63, 3.8) is 0 Å². The normalized spacial score (nSPS) is 16.3. The Morgan fingerprint density at radius 3 is 2.86 bits per heavy atom. The number of fused-ring (bicyclic) bond motifs is 1. The highest BCUT2D eigenvalue weighted by molar-refractivity contribution is 5.60. The zero-order valence-electron chi connectivity index (χ0n) is 11.5. The van der Waals surface area contributed by atoms with Gasteiger partial charge in [0.1, 0.15) is 0 Å². The second-order valence-electron chi connectivity index (χ2n) is 5.03. The lowest BCUT2D eigenvalue weighted by Gasteiger charge is -2.15. The predicted octanol–water partition coefficient (Wildman–Crippen LogP) is 1.94. The molecule has 21 heavy (non-hydrogen) atoms. The topological polar surface area (TPSA) is 72.4 Å². The molecule has 108 valence electrons. The third kappa shape index (κ3) is 2.42. The van der Waals surface area contributed by atoms with Crippen molar-refractivity contribution >= 4 is 17.5 Å². The first-order chi connectivity index (χ1) is 10.4. The van der Waals surface area contributed by atoms with E-state index in [1.807, 2.05) is 18.2 Å². The van der Waals surface area contributed by atoms with Crippen molar-refractivity contribution in [3.8, 4) is 11.5 Å². The minimum Gasteiger partial charge on any atom is -0.454 e. The van der Waals surface area contributed by atoms with Gasteiger partial charge in [-0.1, -0.05) is 0 Å². The van der Waals surface area contributed by atoms with Crippen LogP contribution in [-0.2, 0) is 0 Å². The van der Waals surface area contributed by atoms with Gasteiger partial charge in [-0.25, -0.2) is 0 Å². The third-order valence-electron chi connectivity index (χ3n) is 3.60. The first-order valence-corrected chi connectivity index (χ1v) is 7.00. The zero-order valence-corrected chi connectivity index (χ0v) is 11.5. The van der Waals surface area contributed by atoms with Gasteiger partial charge in [0.05, 0.1) is 6.20 Å². The van der Waals surface area contributed by atoms with Gasteiger partial charge in [-0.2, -0.15) is 10.1 Å². The summed E-state index contributed by atoms with van der Waals surface area (Å²) in [7, 11) is 0. The number of nitrogens with one attached hydrogen (secondary N) is 1. The molecule has 7 nitrogen and oxygen atoms in total. The summed E-state index contributed by atoms with van der Waals surface area (Å²) < 4.78 is 10.6. The molecule has 2 aliphatic heterocycles. The Kier molecular flexibility index (Phi) is 2.95. The monoisotopic (exact) mass is 285 g/mol. The molecular weight excluding hydrogens is 270 g/mol. The number of ether oxygens (including phenoxy) is 2. The molecule has 4 rings (SSSR count). The highest BCUT2D eigenvalue weighted by atomic mass is 16.7. The molecule has 1 saturated heterocycles. The highest BCUT2D eigenvalue weighted by Crippen LogP contribution is 2.34. The van der Waals surface area contributed by atoms with Gasteiger partial charge in [-0.05, 0) is 25.0 Å². The van der Waals surface area contributed by atoms with Crippen LogP contribution in [0.5, 0.6) is 11.5 Å². The quantitative estimate of drug-likeness (QED) is 0.923. The largest absolute Gasteiger partial charge is 0.454 e. The van der Waals surface area contributed by atoms with Gasteiger partial charge < -0.3 is 19.7 Å². The summed E-state index contributed by atoms with van der Waals surface area (Å²) in [5, 5.41) is 11.2. The van der Waals surface area contributed by atoms with Crippen LogP contribution in [0.25, 0.3) is 0 Å². The van der Waals surface area contributed by atoms with Gasteiger partial charge in [0, 0.05) is 24.8 Å². The fourth-order valence-electron chi connectivity index (χ4n) is 2.55. The van der Waals surface area contributed by atoms with Crippen LogP contribution < -0.4 is 19.7 Å². The van der Waals surface area contributed by atoms with E-state index in [2.05, 4.69) is 25.4 Å². The van der Waals surface area contributed by atoms with E-state index in [1.165, 1.54) is 12.8 Å². The fraction of sp³-hybridized carbons (Fsp3) is 0.357. The number of hydrogen-bond acceptors (Lipinski definition) is 7. The fourth-order valence-corrected chi connectivity index (χ4v) is 2.55. The number of aromatic nitrogens is 3. The van der Waals surface area contributed by atoms with E-state index in [9.17, 15) is 0 Å². The van der Waals surface area contributed by atoms with Crippen molar-refractivity contribution in [2.75, 3.05) is 30.1 Å². The second-order valence-corrected chi connectivity index (χ2v) is 5.03. The van der Waals surface area contributed by atoms with E-state index >= 15 is 0 Å². The molecule has 0 bridgehead atoms. The molecule has 0 spiro atoms. The minimum atomic E-state index is 0.265. The van der Waals surface area contributed by atoms with Gasteiger partial charge in [-0.3, -0.25) is 0 Å². The SMILES string of the molecule is c1cc2c(cc1Nc1nncc(N3CCCC3)n1)OCO2. The van der Waals surface area contributed by atoms with Gasteiger partial charge in [-0.15, -0.1) is 5.10 Å². The van der Waals surface area contributed by atoms with Gasteiger partial charge in [0.25, 0.3) is 0 Å². The predicted molar refractivity (Wildman–Crippen MR) is 77.1 cm³/mol. The number of anilines is 3. The third-order valence-corrected chi connectivity index (χ3v) is 3.60. The molecule has 0 aliphatic carbocycles. The van der Waals surface area contributed by atoms with Crippen LogP contribution >= 0.6 is 0 Å². The summed E-state index contributed by atoms with van der Waals surface area (Å²) in [4.78, 5) is 6.73. The Hall–Kier alpha value is -2.57. The summed E-state index contributed by atoms with van der Waals surface area (Å²) in [6, 6.07) is 5.63. The minimum absolute atomic E-state index is 0.265. The van der Waals surface area contributed by atoms with Gasteiger partial charge >= 0.3 is 0 Å². The van der Waals surface area contributed by atoms with Crippen molar-refractivity contribution in [2.45, 2.75) is 12.8 Å². The van der Waals surface area contributed by atoms with E-state index in [4.69, 9.17) is 9.47 Å². The standard InChI is InChI=1S/C14H15N5O2/c1-2-6-19(5-1)13-8-15-18-14(17-13)16-10-3-4-11-12(7-10)21-9-20-11/h3-4,7-8H,1-2,5-6,9H2,(H,16,17,18). The molecular formula is C14H15N5O2. The maximum absolute atomic E-state index is 5.35. The summed E-state index contributed by atoms with van der Waals surface area (Å²) >= 11 is 0. The van der Waals surface area contributed by atoms with Crippen molar-refractivity contribution in [1.82, 2.24) is 15.2 Å². The maximum Gasteiger partial charge on any atom is 0.249 e. The van der Waals surface area contributed by atoms with E-state index in [-0.39, 0.29) is 6.79 Å². The van der Waals surface area contributed by atoms with E-state index in [0.717, 1.165) is 36.1 Å². The molecule has 2 aliphatic rings. The summed E-state index contributed by atoms with van der Waals surface area (Å²) in [5.74, 6) is 2.83. The Labute approximate surface area is 121 Å². The molecule has 2 aromatic rings. The average Bonchev–Trinajstić information content (AvgIpc) is 3.18. The molecule has 0 amide bonds. The molecule has 0 atom stereocenters. The summed E-state index contributed by atoms with van der Waals surface area (Å²) in [5.41, 5.74) is 0.847. The highest BCUT2D eigenvalue weighted by Gasteiger charge is 2.16. The summed E-state index contributed by atoms with van der Waals surface area (Å²) in [6.45, 7) is 2.33. The molecule has 1 N–H and O–H groups in total. The van der Waals surface area contributed by atoms with Crippen molar-refractivity contribution in [1.29, 1.82) is 0 Å². The number of nitrogens with zero attached hydrogens (tertiary/aromatic N) is 4. The lowest BCUT2D eigenvalue weighted by Crippen LogP contribution is -2.19. The Morgan fingerprint density at radius 2 is 1.95 bits per heavy atom. The molecule has 0 radical (unpaired) electrons. The molecule has 0 saturated carbocycles. The van der Waals surface area contributed by atoms with Gasteiger partial charge in [0.15, 0.2) is 17.3 Å².